The molecule has 1 aliphatic heterocycles. The van der Waals surface area contributed by atoms with Gasteiger partial charge in [-0.25, -0.2) is 0 Å². The highest BCUT2D eigenvalue weighted by Gasteiger charge is 2.31. The summed E-state index contributed by atoms with van der Waals surface area (Å²) < 4.78 is 7.79. The van der Waals surface area contributed by atoms with Crippen LogP contribution in [-0.4, -0.2) is 40.4 Å². The summed E-state index contributed by atoms with van der Waals surface area (Å²) in [7, 11) is 3.53. The number of likely N-dealkylation sites (N-methyl/N-ethyl adjacent to an activating group) is 1. The van der Waals surface area contributed by atoms with E-state index in [1.165, 1.54) is 6.42 Å². The molecule has 2 aliphatic rings. The average Bonchev–Trinajstić information content (AvgIpc) is 3.60. The van der Waals surface area contributed by atoms with Crippen LogP contribution in [0.5, 0.6) is 0 Å². The maximum Gasteiger partial charge on any atom is 0.287 e. The van der Waals surface area contributed by atoms with Crippen molar-refractivity contribution in [2.24, 2.45) is 18.0 Å². The summed E-state index contributed by atoms with van der Waals surface area (Å²) in [6.07, 6.45) is 5.96. The van der Waals surface area contributed by atoms with Crippen molar-refractivity contribution in [2.45, 2.75) is 51.5 Å². The second-order valence-electron chi connectivity index (χ2n) is 9.50. The molecule has 1 aliphatic carbocycles. The smallest absolute Gasteiger partial charge is 0.287 e. The van der Waals surface area contributed by atoms with Gasteiger partial charge in [0, 0.05) is 26.1 Å². The monoisotopic (exact) mass is 473 g/mol. The number of fused-ring (bicyclic) bond motifs is 1. The molecule has 0 saturated heterocycles. The van der Waals surface area contributed by atoms with Crippen molar-refractivity contribution in [3.05, 3.63) is 59.1 Å². The van der Waals surface area contributed by atoms with Gasteiger partial charge in [0.05, 0.1) is 22.8 Å². The molecule has 2 amide bonds. The average molecular weight is 474 g/mol. The van der Waals surface area contributed by atoms with E-state index in [-0.39, 0.29) is 23.5 Å². The Bertz CT molecular complexity index is 1300. The van der Waals surface area contributed by atoms with E-state index >= 15 is 0 Å². The lowest BCUT2D eigenvalue weighted by Gasteiger charge is -2.29. The third kappa shape index (κ3) is 4.65. The molecule has 5 rings (SSSR count). The maximum absolute atomic E-state index is 13.0. The van der Waals surface area contributed by atoms with E-state index in [0.717, 1.165) is 59.6 Å². The molecule has 8 nitrogen and oxygen atoms in total. The Kier molecular flexibility index (Phi) is 6.28. The van der Waals surface area contributed by atoms with Crippen LogP contribution in [-0.2, 0) is 18.3 Å². The third-order valence-electron chi connectivity index (χ3n) is 7.04. The van der Waals surface area contributed by atoms with Gasteiger partial charge in [0.25, 0.3) is 5.91 Å². The Balaban J connectivity index is 1.31. The first-order valence-electron chi connectivity index (χ1n) is 12.3. The van der Waals surface area contributed by atoms with Crippen LogP contribution in [0.15, 0.2) is 45.8 Å². The molecular formula is C27H31N5O3. The third-order valence-corrected chi connectivity index (χ3v) is 7.04. The number of carbonyl (C=O) groups is 2. The lowest BCUT2D eigenvalue weighted by Crippen LogP contribution is -2.50. The molecule has 182 valence electrons. The van der Waals surface area contributed by atoms with Gasteiger partial charge in [-0.15, -0.1) is 0 Å². The zero-order chi connectivity index (χ0) is 24.5. The van der Waals surface area contributed by atoms with Crippen LogP contribution in [0.1, 0.15) is 59.6 Å². The molecule has 0 spiro atoms. The number of aliphatic imine (C=N–C) groups is 1. The van der Waals surface area contributed by atoms with Crippen LogP contribution in [0.4, 0.5) is 5.69 Å². The Morgan fingerprint density at radius 3 is 2.63 bits per heavy atom. The summed E-state index contributed by atoms with van der Waals surface area (Å²) in [6.45, 7) is 1.97. The van der Waals surface area contributed by atoms with Crippen molar-refractivity contribution >= 4 is 23.2 Å². The SMILES string of the molecule is CNC(=O)[C@@H](NC(=O)c1ccc(-c2ccc3c(c2)CC(c2cc(C)nn2C)=N3)o1)C1CCCCC1. The van der Waals surface area contributed by atoms with Crippen LogP contribution < -0.4 is 10.6 Å². The molecule has 0 unspecified atom stereocenters. The van der Waals surface area contributed by atoms with Crippen LogP contribution >= 0.6 is 0 Å². The van der Waals surface area contributed by atoms with E-state index in [1.807, 2.05) is 36.9 Å². The van der Waals surface area contributed by atoms with E-state index in [4.69, 9.17) is 9.41 Å². The van der Waals surface area contributed by atoms with Crippen LogP contribution in [0.2, 0.25) is 0 Å². The second kappa shape index (κ2) is 9.52. The number of amides is 2. The second-order valence-corrected chi connectivity index (χ2v) is 9.50. The van der Waals surface area contributed by atoms with Crippen molar-refractivity contribution in [1.29, 1.82) is 0 Å². The molecule has 1 fully saturated rings. The van der Waals surface area contributed by atoms with Crippen molar-refractivity contribution in [3.8, 4) is 11.3 Å². The first-order chi connectivity index (χ1) is 16.9. The Labute approximate surface area is 204 Å². The summed E-state index contributed by atoms with van der Waals surface area (Å²) in [4.78, 5) is 30.3. The molecule has 1 saturated carbocycles. The summed E-state index contributed by atoms with van der Waals surface area (Å²) in [5.41, 5.74) is 5.90. The zero-order valence-electron chi connectivity index (χ0n) is 20.4. The highest BCUT2D eigenvalue weighted by atomic mass is 16.4. The van der Waals surface area contributed by atoms with Gasteiger partial charge in [0.2, 0.25) is 5.91 Å². The number of hydrogen-bond donors (Lipinski definition) is 2. The number of rotatable bonds is 6. The predicted octanol–water partition coefficient (Wildman–Crippen LogP) is 4.09. The molecule has 1 aromatic carbocycles. The number of benzene rings is 1. The van der Waals surface area contributed by atoms with Gasteiger partial charge in [0.1, 0.15) is 11.8 Å². The Morgan fingerprint density at radius 2 is 1.91 bits per heavy atom. The standard InChI is InChI=1S/C27H31N5O3/c1-16-13-22(32(3)31-16)21-15-19-14-18(9-10-20(19)29-21)23-11-12-24(35-23)26(33)30-25(27(34)28-2)17-7-5-4-6-8-17/h9-14,17,25H,4-8,15H2,1-3H3,(H,28,34)(H,30,33)/t25-/m0/s1. The van der Waals surface area contributed by atoms with E-state index < -0.39 is 6.04 Å². The van der Waals surface area contributed by atoms with Crippen molar-refractivity contribution in [3.63, 3.8) is 0 Å². The molecule has 0 radical (unpaired) electrons. The minimum atomic E-state index is -0.549. The minimum absolute atomic E-state index is 0.149. The number of nitrogens with one attached hydrogen (secondary N) is 2. The normalized spacial score (nSPS) is 16.5. The van der Waals surface area contributed by atoms with Gasteiger partial charge < -0.3 is 15.1 Å². The fourth-order valence-electron chi connectivity index (χ4n) is 5.23. The molecule has 2 N–H and O–H groups in total. The summed E-state index contributed by atoms with van der Waals surface area (Å²) in [5.74, 6) is 0.435. The number of carbonyl (C=O) groups excluding carboxylic acids is 2. The molecular weight excluding hydrogens is 442 g/mol. The van der Waals surface area contributed by atoms with E-state index in [0.29, 0.717) is 12.2 Å². The molecule has 3 heterocycles. The van der Waals surface area contributed by atoms with E-state index in [2.05, 4.69) is 21.8 Å². The van der Waals surface area contributed by atoms with Gasteiger partial charge in [-0.05, 0) is 67.6 Å². The summed E-state index contributed by atoms with van der Waals surface area (Å²) >= 11 is 0. The van der Waals surface area contributed by atoms with E-state index in [1.54, 1.807) is 19.2 Å². The van der Waals surface area contributed by atoms with Crippen molar-refractivity contribution < 1.29 is 14.0 Å². The van der Waals surface area contributed by atoms with Crippen molar-refractivity contribution in [1.82, 2.24) is 20.4 Å². The first kappa shape index (κ1) is 23.1. The maximum atomic E-state index is 13.0. The fourth-order valence-corrected chi connectivity index (χ4v) is 5.23. The predicted molar refractivity (Wildman–Crippen MR) is 134 cm³/mol. The first-order valence-corrected chi connectivity index (χ1v) is 12.3. The van der Waals surface area contributed by atoms with Crippen LogP contribution in [0, 0.1) is 12.8 Å². The largest absolute Gasteiger partial charge is 0.451 e. The molecule has 3 aromatic rings. The zero-order valence-corrected chi connectivity index (χ0v) is 20.4. The molecule has 2 aromatic heterocycles. The number of hydrogen-bond acceptors (Lipinski definition) is 5. The lowest BCUT2D eigenvalue weighted by molar-refractivity contribution is -0.124. The quantitative estimate of drug-likeness (QED) is 0.563. The molecule has 35 heavy (non-hydrogen) atoms. The minimum Gasteiger partial charge on any atom is -0.451 e. The number of nitrogens with zero attached hydrogens (tertiary/aromatic N) is 3. The van der Waals surface area contributed by atoms with Gasteiger partial charge in [-0.2, -0.15) is 5.10 Å². The topological polar surface area (TPSA) is 102 Å². The highest BCUT2D eigenvalue weighted by Crippen LogP contribution is 2.34. The number of furan rings is 1. The van der Waals surface area contributed by atoms with Gasteiger partial charge in [0.15, 0.2) is 5.76 Å². The van der Waals surface area contributed by atoms with Gasteiger partial charge in [-0.3, -0.25) is 19.3 Å². The Hall–Kier alpha value is -3.68. The summed E-state index contributed by atoms with van der Waals surface area (Å²) in [5, 5.41) is 10.0. The molecule has 8 heteroatoms. The Morgan fingerprint density at radius 1 is 1.11 bits per heavy atom. The fraction of sp³-hybridized carbons (Fsp3) is 0.407. The number of aryl methyl sites for hydroxylation is 2. The van der Waals surface area contributed by atoms with Crippen LogP contribution in [0.3, 0.4) is 0 Å². The van der Waals surface area contributed by atoms with Crippen LogP contribution in [0.25, 0.3) is 11.3 Å². The highest BCUT2D eigenvalue weighted by molar-refractivity contribution is 6.05. The molecule has 1 atom stereocenters. The van der Waals surface area contributed by atoms with Gasteiger partial charge in [-0.1, -0.05) is 19.3 Å². The number of aromatic nitrogens is 2. The lowest BCUT2D eigenvalue weighted by atomic mass is 9.83. The molecule has 0 bridgehead atoms. The summed E-state index contributed by atoms with van der Waals surface area (Å²) in [6, 6.07) is 11.0. The van der Waals surface area contributed by atoms with E-state index in [9.17, 15) is 9.59 Å². The van der Waals surface area contributed by atoms with Gasteiger partial charge >= 0.3 is 0 Å². The van der Waals surface area contributed by atoms with Crippen molar-refractivity contribution in [2.75, 3.05) is 7.05 Å².